The second-order valence-corrected chi connectivity index (χ2v) is 4.73. The van der Waals surface area contributed by atoms with Gasteiger partial charge in [-0.15, -0.1) is 0 Å². The van der Waals surface area contributed by atoms with E-state index in [2.05, 4.69) is 31.3 Å². The van der Waals surface area contributed by atoms with Gasteiger partial charge in [-0.3, -0.25) is 0 Å². The fourth-order valence-corrected chi connectivity index (χ4v) is 2.47. The third-order valence-corrected chi connectivity index (χ3v) is 3.37. The molecular formula is C14H16N2O. The summed E-state index contributed by atoms with van der Waals surface area (Å²) in [5.41, 5.74) is 3.50. The molecule has 1 atom stereocenters. The van der Waals surface area contributed by atoms with E-state index in [1.165, 1.54) is 16.5 Å². The largest absolute Gasteiger partial charge is 0.494 e. The Balaban J connectivity index is 2.31. The number of hydrogen-bond acceptors (Lipinski definition) is 3. The molecule has 2 heterocycles. The highest BCUT2D eigenvalue weighted by Gasteiger charge is 2.20. The summed E-state index contributed by atoms with van der Waals surface area (Å²) in [5, 5.41) is 4.59. The Hall–Kier alpha value is -1.77. The van der Waals surface area contributed by atoms with Crippen molar-refractivity contribution in [3.05, 3.63) is 29.3 Å². The first-order valence-corrected chi connectivity index (χ1v) is 5.93. The van der Waals surface area contributed by atoms with E-state index in [0.29, 0.717) is 6.04 Å². The lowest BCUT2D eigenvalue weighted by Gasteiger charge is -2.09. The Labute approximate surface area is 101 Å². The number of aryl methyl sites for hydroxylation is 1. The molecule has 0 spiro atoms. The van der Waals surface area contributed by atoms with E-state index in [-0.39, 0.29) is 0 Å². The summed E-state index contributed by atoms with van der Waals surface area (Å²) in [6.07, 6.45) is 1.05. The van der Waals surface area contributed by atoms with Crippen LogP contribution in [0.3, 0.4) is 0 Å². The summed E-state index contributed by atoms with van der Waals surface area (Å²) in [6.45, 7) is 4.29. The number of methoxy groups -OCH3 is 1. The first kappa shape index (κ1) is 10.4. The SMILES string of the molecule is COc1ccc(C)c2cc3c(nc12)NC(C)C3. The fourth-order valence-electron chi connectivity index (χ4n) is 2.47. The van der Waals surface area contributed by atoms with E-state index in [1.54, 1.807) is 7.11 Å². The van der Waals surface area contributed by atoms with Gasteiger partial charge in [0.15, 0.2) is 0 Å². The van der Waals surface area contributed by atoms with Crippen molar-refractivity contribution < 1.29 is 4.74 Å². The van der Waals surface area contributed by atoms with E-state index < -0.39 is 0 Å². The van der Waals surface area contributed by atoms with Gasteiger partial charge in [0.2, 0.25) is 0 Å². The van der Waals surface area contributed by atoms with E-state index in [9.17, 15) is 0 Å². The molecule has 3 rings (SSSR count). The van der Waals surface area contributed by atoms with Gasteiger partial charge in [-0.1, -0.05) is 6.07 Å². The van der Waals surface area contributed by atoms with Crippen LogP contribution in [0.5, 0.6) is 5.75 Å². The highest BCUT2D eigenvalue weighted by atomic mass is 16.5. The number of fused-ring (bicyclic) bond motifs is 2. The summed E-state index contributed by atoms with van der Waals surface area (Å²) >= 11 is 0. The van der Waals surface area contributed by atoms with Crippen molar-refractivity contribution in [1.29, 1.82) is 0 Å². The lowest BCUT2D eigenvalue weighted by molar-refractivity contribution is 0.419. The minimum atomic E-state index is 0.473. The number of nitrogens with zero attached hydrogens (tertiary/aromatic N) is 1. The number of aromatic nitrogens is 1. The van der Waals surface area contributed by atoms with Gasteiger partial charge < -0.3 is 10.1 Å². The molecule has 1 aromatic carbocycles. The maximum Gasteiger partial charge on any atom is 0.145 e. The van der Waals surface area contributed by atoms with E-state index >= 15 is 0 Å². The second kappa shape index (κ2) is 3.62. The standard InChI is InChI=1S/C14H16N2O/c1-8-4-5-12(17-3)13-11(8)7-10-6-9(2)15-14(10)16-13/h4-5,7,9H,6H2,1-3H3,(H,15,16). The van der Waals surface area contributed by atoms with E-state index in [4.69, 9.17) is 9.72 Å². The predicted octanol–water partition coefficient (Wildman–Crippen LogP) is 2.91. The zero-order chi connectivity index (χ0) is 12.0. The average Bonchev–Trinajstić information content (AvgIpc) is 2.67. The van der Waals surface area contributed by atoms with Crippen LogP contribution >= 0.6 is 0 Å². The Morgan fingerprint density at radius 2 is 2.24 bits per heavy atom. The number of anilines is 1. The highest BCUT2D eigenvalue weighted by molar-refractivity contribution is 5.90. The Bertz CT molecular complexity index is 592. The van der Waals surface area contributed by atoms with E-state index in [0.717, 1.165) is 23.5 Å². The fraction of sp³-hybridized carbons (Fsp3) is 0.357. The lowest BCUT2D eigenvalue weighted by Crippen LogP contribution is -2.08. The van der Waals surface area contributed by atoms with Gasteiger partial charge in [-0.05, 0) is 43.5 Å². The van der Waals surface area contributed by atoms with Crippen molar-refractivity contribution in [1.82, 2.24) is 4.98 Å². The number of ether oxygens (including phenoxy) is 1. The Morgan fingerprint density at radius 3 is 3.00 bits per heavy atom. The van der Waals surface area contributed by atoms with Gasteiger partial charge in [0.25, 0.3) is 0 Å². The molecule has 1 N–H and O–H groups in total. The summed E-state index contributed by atoms with van der Waals surface area (Å²) in [4.78, 5) is 4.70. The average molecular weight is 228 g/mol. The maximum absolute atomic E-state index is 5.38. The van der Waals surface area contributed by atoms with Crippen LogP contribution in [-0.4, -0.2) is 18.1 Å². The minimum Gasteiger partial charge on any atom is -0.494 e. The van der Waals surface area contributed by atoms with Gasteiger partial charge in [-0.2, -0.15) is 0 Å². The minimum absolute atomic E-state index is 0.473. The van der Waals surface area contributed by atoms with Crippen LogP contribution in [0.1, 0.15) is 18.1 Å². The molecule has 0 saturated heterocycles. The normalized spacial score (nSPS) is 17.9. The lowest BCUT2D eigenvalue weighted by atomic mass is 10.1. The first-order valence-electron chi connectivity index (χ1n) is 5.93. The zero-order valence-corrected chi connectivity index (χ0v) is 10.4. The first-order chi connectivity index (χ1) is 8.19. The Kier molecular flexibility index (Phi) is 2.21. The number of pyridine rings is 1. The molecule has 3 nitrogen and oxygen atoms in total. The summed E-state index contributed by atoms with van der Waals surface area (Å²) in [6, 6.07) is 6.78. The van der Waals surface area contributed by atoms with Crippen LogP contribution in [0, 0.1) is 6.92 Å². The Morgan fingerprint density at radius 1 is 1.41 bits per heavy atom. The predicted molar refractivity (Wildman–Crippen MR) is 69.8 cm³/mol. The molecule has 2 aromatic rings. The van der Waals surface area contributed by atoms with Crippen molar-refractivity contribution in [3.63, 3.8) is 0 Å². The molecule has 0 bridgehead atoms. The highest BCUT2D eigenvalue weighted by Crippen LogP contribution is 2.33. The van der Waals surface area contributed by atoms with Crippen molar-refractivity contribution in [2.75, 3.05) is 12.4 Å². The molecule has 88 valence electrons. The number of nitrogens with one attached hydrogen (secondary N) is 1. The molecule has 0 aliphatic carbocycles. The van der Waals surface area contributed by atoms with Crippen molar-refractivity contribution >= 4 is 16.7 Å². The van der Waals surface area contributed by atoms with Gasteiger partial charge >= 0.3 is 0 Å². The van der Waals surface area contributed by atoms with Gasteiger partial charge in [-0.25, -0.2) is 4.98 Å². The van der Waals surface area contributed by atoms with Crippen LogP contribution in [0.2, 0.25) is 0 Å². The van der Waals surface area contributed by atoms with Crippen LogP contribution in [0.15, 0.2) is 18.2 Å². The smallest absolute Gasteiger partial charge is 0.145 e. The monoisotopic (exact) mass is 228 g/mol. The molecule has 3 heteroatoms. The molecule has 0 amide bonds. The molecule has 1 unspecified atom stereocenters. The number of hydrogen-bond donors (Lipinski definition) is 1. The third-order valence-electron chi connectivity index (χ3n) is 3.37. The van der Waals surface area contributed by atoms with Crippen molar-refractivity contribution in [2.45, 2.75) is 26.3 Å². The molecule has 1 aliphatic rings. The molecule has 1 aromatic heterocycles. The molecule has 1 aliphatic heterocycles. The van der Waals surface area contributed by atoms with Crippen molar-refractivity contribution in [2.24, 2.45) is 0 Å². The quantitative estimate of drug-likeness (QED) is 0.815. The summed E-state index contributed by atoms with van der Waals surface area (Å²) in [7, 11) is 1.69. The maximum atomic E-state index is 5.38. The number of rotatable bonds is 1. The van der Waals surface area contributed by atoms with E-state index in [1.807, 2.05) is 6.07 Å². The molecular weight excluding hydrogens is 212 g/mol. The van der Waals surface area contributed by atoms with Gasteiger partial charge in [0.1, 0.15) is 17.1 Å². The second-order valence-electron chi connectivity index (χ2n) is 4.73. The topological polar surface area (TPSA) is 34.1 Å². The summed E-state index contributed by atoms with van der Waals surface area (Å²) < 4.78 is 5.38. The molecule has 0 radical (unpaired) electrons. The molecule has 0 fully saturated rings. The molecule has 17 heavy (non-hydrogen) atoms. The van der Waals surface area contributed by atoms with Crippen molar-refractivity contribution in [3.8, 4) is 5.75 Å². The van der Waals surface area contributed by atoms with Crippen LogP contribution < -0.4 is 10.1 Å². The molecule has 0 saturated carbocycles. The van der Waals surface area contributed by atoms with Gasteiger partial charge in [0, 0.05) is 11.4 Å². The van der Waals surface area contributed by atoms with Crippen LogP contribution in [0.25, 0.3) is 10.9 Å². The van der Waals surface area contributed by atoms with Gasteiger partial charge in [0.05, 0.1) is 7.11 Å². The third kappa shape index (κ3) is 1.54. The van der Waals surface area contributed by atoms with Crippen LogP contribution in [-0.2, 0) is 6.42 Å². The summed E-state index contributed by atoms with van der Waals surface area (Å²) in [5.74, 6) is 1.85. The van der Waals surface area contributed by atoms with Crippen LogP contribution in [0.4, 0.5) is 5.82 Å². The zero-order valence-electron chi connectivity index (χ0n) is 10.4. The number of benzene rings is 1.